The molecular weight excluding hydrogens is 834 g/mol. The van der Waals surface area contributed by atoms with Crippen LogP contribution in [0.4, 0.5) is 5.13 Å². The number of benzene rings is 1. The van der Waals surface area contributed by atoms with Gasteiger partial charge in [-0.2, -0.15) is 0 Å². The Morgan fingerprint density at radius 2 is 1.84 bits per heavy atom. The first-order chi connectivity index (χ1) is 29.6. The molecule has 2 aromatic heterocycles. The number of likely N-dealkylation sites (tertiary alicyclic amines) is 1. The maximum atomic E-state index is 14.8. The topological polar surface area (TPSA) is 177 Å². The largest absolute Gasteiger partial charge is 0.491 e. The summed E-state index contributed by atoms with van der Waals surface area (Å²) in [5, 5.41) is 23.3. The Hall–Kier alpha value is -4.06. The van der Waals surface area contributed by atoms with E-state index in [4.69, 9.17) is 40.5 Å². The van der Waals surface area contributed by atoms with Crippen LogP contribution in [0.2, 0.25) is 5.02 Å². The first kappa shape index (κ1) is 44.5. The fraction of sp³-hybridized carbons (Fsp3) is 0.622. The third-order valence-corrected chi connectivity index (χ3v) is 14.0. The van der Waals surface area contributed by atoms with Gasteiger partial charge in [0.2, 0.25) is 11.8 Å². The average molecular weight is 895 g/mol. The molecule has 2 unspecified atom stereocenters. The fourth-order valence-electron chi connectivity index (χ4n) is 9.21. The number of carboxylic acid groups (broad SMARTS) is 1. The fourth-order valence-corrected chi connectivity index (χ4v) is 10.3. The molecule has 0 bridgehead atoms. The Morgan fingerprint density at radius 3 is 2.52 bits per heavy atom. The number of carbonyl (C=O) groups excluding carboxylic acids is 2. The molecule has 0 radical (unpaired) electrons. The molecule has 62 heavy (non-hydrogen) atoms. The zero-order valence-electron chi connectivity index (χ0n) is 36.3. The van der Waals surface area contributed by atoms with Gasteiger partial charge in [-0.05, 0) is 68.9 Å². The van der Waals surface area contributed by atoms with Crippen molar-refractivity contribution in [2.24, 2.45) is 23.2 Å². The van der Waals surface area contributed by atoms with E-state index in [1.807, 2.05) is 52.1 Å². The van der Waals surface area contributed by atoms with E-state index in [1.165, 1.54) is 22.7 Å². The number of rotatable bonds is 18. The monoisotopic (exact) mass is 893 g/mol. The molecule has 8 atom stereocenters. The molecule has 8 rings (SSSR count). The Morgan fingerprint density at radius 1 is 1.08 bits per heavy atom. The lowest BCUT2D eigenvalue weighted by Gasteiger charge is -2.36. The van der Waals surface area contributed by atoms with Crippen molar-refractivity contribution in [2.45, 2.75) is 103 Å². The molecule has 336 valence electrons. The number of pyridine rings is 1. The Labute approximate surface area is 372 Å². The van der Waals surface area contributed by atoms with Crippen LogP contribution in [0, 0.1) is 23.2 Å². The minimum Gasteiger partial charge on any atom is -0.491 e. The molecule has 2 amide bonds. The summed E-state index contributed by atoms with van der Waals surface area (Å²) in [6, 6.07) is 3.92. The second kappa shape index (κ2) is 18.2. The van der Waals surface area contributed by atoms with Gasteiger partial charge in [-0.25, -0.2) is 14.8 Å². The lowest BCUT2D eigenvalue weighted by molar-refractivity contribution is -0.146. The molecule has 15 nitrogen and oxygen atoms in total. The van der Waals surface area contributed by atoms with E-state index in [9.17, 15) is 19.5 Å². The first-order valence-electron chi connectivity index (χ1n) is 21.9. The van der Waals surface area contributed by atoms with Crippen LogP contribution in [-0.4, -0.2) is 131 Å². The molecule has 2 saturated heterocycles. The van der Waals surface area contributed by atoms with Crippen molar-refractivity contribution in [3.63, 3.8) is 0 Å². The van der Waals surface area contributed by atoms with Gasteiger partial charge in [0.05, 0.1) is 49.8 Å². The third kappa shape index (κ3) is 9.70. The van der Waals surface area contributed by atoms with Crippen LogP contribution < -0.4 is 25.4 Å². The van der Waals surface area contributed by atoms with Gasteiger partial charge in [-0.1, -0.05) is 38.4 Å². The number of nitrogens with one attached hydrogen (secondary N) is 3. The van der Waals surface area contributed by atoms with Crippen molar-refractivity contribution in [3.8, 4) is 22.9 Å². The number of hydrogen-bond acceptors (Lipinski definition) is 13. The summed E-state index contributed by atoms with van der Waals surface area (Å²) in [7, 11) is 0. The van der Waals surface area contributed by atoms with Crippen LogP contribution in [0.1, 0.15) is 66.7 Å². The predicted octanol–water partition coefficient (Wildman–Crippen LogP) is 5.81. The molecule has 3 saturated carbocycles. The second-order valence-electron chi connectivity index (χ2n) is 18.9. The number of hydrogen-bond donors (Lipinski definition) is 4. The number of anilines is 1. The van der Waals surface area contributed by atoms with Crippen LogP contribution in [0.15, 0.2) is 36.2 Å². The number of morpholine rings is 1. The number of carbonyl (C=O) groups is 3. The van der Waals surface area contributed by atoms with E-state index in [1.54, 1.807) is 12.1 Å². The average Bonchev–Trinajstić information content (AvgIpc) is 3.90. The highest BCUT2D eigenvalue weighted by Gasteiger charge is 2.61. The highest BCUT2D eigenvalue weighted by molar-refractivity contribution is 7.14. The highest BCUT2D eigenvalue weighted by atomic mass is 35.5. The number of nitrogens with zero attached hydrogens (tertiary/aromatic N) is 4. The minimum atomic E-state index is -1.48. The minimum absolute atomic E-state index is 0.0672. The summed E-state index contributed by atoms with van der Waals surface area (Å²) in [5.74, 6) is 0.0322. The van der Waals surface area contributed by atoms with Crippen molar-refractivity contribution >= 4 is 56.8 Å². The lowest BCUT2D eigenvalue weighted by Crippen LogP contribution is -2.58. The number of carboxylic acids is 1. The molecule has 0 spiro atoms. The maximum absolute atomic E-state index is 14.8. The number of thiazole rings is 1. The van der Waals surface area contributed by atoms with Crippen LogP contribution in [0.25, 0.3) is 22.3 Å². The molecule has 5 aliphatic rings. The Bertz CT molecular complexity index is 2150. The molecule has 3 aromatic rings. The summed E-state index contributed by atoms with van der Waals surface area (Å²) >= 11 is 8.58. The molecule has 17 heteroatoms. The van der Waals surface area contributed by atoms with Crippen molar-refractivity contribution in [3.05, 3.63) is 41.3 Å². The van der Waals surface area contributed by atoms with E-state index in [0.29, 0.717) is 58.6 Å². The van der Waals surface area contributed by atoms with Crippen molar-refractivity contribution in [1.82, 2.24) is 30.4 Å². The normalized spacial score (nSPS) is 27.5. The number of aromatic nitrogens is 2. The molecule has 2 aliphatic heterocycles. The molecular formula is C45H60ClN7O8S. The number of halogens is 1. The van der Waals surface area contributed by atoms with Gasteiger partial charge in [0, 0.05) is 54.8 Å². The van der Waals surface area contributed by atoms with Gasteiger partial charge in [-0.3, -0.25) is 19.8 Å². The van der Waals surface area contributed by atoms with Crippen LogP contribution >= 0.6 is 22.9 Å². The lowest BCUT2D eigenvalue weighted by atomic mass is 9.85. The van der Waals surface area contributed by atoms with Crippen LogP contribution in [-0.2, 0) is 23.9 Å². The van der Waals surface area contributed by atoms with E-state index in [0.717, 1.165) is 49.4 Å². The summed E-state index contributed by atoms with van der Waals surface area (Å²) in [6.07, 6.45) is 4.76. The summed E-state index contributed by atoms with van der Waals surface area (Å²) in [6.45, 7) is 18.3. The SMILES string of the molecule is C=C[C@@H]1C[C@]1(NC(=O)[C@@H]1CC(Oc2cc(-c3csc(NC(C)C)n3)nc3c(Cl)c(OCCN4CCOCC4)ccc23)CN1C(=O)[C@@H](NCOC1C[C@@H]2C[C@@H]2C1)C(C)(C)C)C(=O)O. The van der Waals surface area contributed by atoms with Crippen molar-refractivity contribution in [2.75, 3.05) is 58.0 Å². The van der Waals surface area contributed by atoms with Crippen molar-refractivity contribution < 1.29 is 38.4 Å². The predicted molar refractivity (Wildman–Crippen MR) is 238 cm³/mol. The second-order valence-corrected chi connectivity index (χ2v) is 20.1. The molecule has 5 fully saturated rings. The van der Waals surface area contributed by atoms with Crippen LogP contribution in [0.5, 0.6) is 11.5 Å². The van der Waals surface area contributed by atoms with E-state index >= 15 is 0 Å². The number of amides is 2. The van der Waals surface area contributed by atoms with E-state index in [2.05, 4.69) is 27.4 Å². The highest BCUT2D eigenvalue weighted by Crippen LogP contribution is 2.52. The summed E-state index contributed by atoms with van der Waals surface area (Å²) < 4.78 is 24.8. The third-order valence-electron chi connectivity index (χ3n) is 12.9. The maximum Gasteiger partial charge on any atom is 0.330 e. The summed E-state index contributed by atoms with van der Waals surface area (Å²) in [4.78, 5) is 55.2. The Balaban J connectivity index is 1.08. The standard InChI is InChI=1S/C45H60ClN7O8S/c1-7-28-21-45(28,42(56)57)51-40(54)34-19-30(22-53(34)41(55)39(44(4,5)6)47-24-60-29-17-26-16-27(26)18-29)61-36-20-32(33-23-62-43(50-33)48-25(2)3)49-38-31(36)8-9-35(37(38)46)59-15-12-52-10-13-58-14-11-52/h7-9,20,23,25-30,34,39,47H,1,10-19,21-22,24H2,2-6H3,(H,48,50)(H,51,54)(H,56,57)/t26-,27+,28-,29?,30?,34+,39-,45-/m1/s1. The van der Waals surface area contributed by atoms with Crippen LogP contribution in [0.3, 0.4) is 0 Å². The zero-order chi connectivity index (χ0) is 43.9. The first-order valence-corrected chi connectivity index (χ1v) is 23.2. The quantitative estimate of drug-likeness (QED) is 0.0890. The van der Waals surface area contributed by atoms with Gasteiger partial charge in [-0.15, -0.1) is 17.9 Å². The van der Waals surface area contributed by atoms with Gasteiger partial charge < -0.3 is 39.6 Å². The molecule has 4 heterocycles. The smallest absolute Gasteiger partial charge is 0.330 e. The zero-order valence-corrected chi connectivity index (χ0v) is 37.9. The van der Waals surface area contributed by atoms with Gasteiger partial charge in [0.1, 0.15) is 46.5 Å². The number of fused-ring (bicyclic) bond motifs is 2. The van der Waals surface area contributed by atoms with E-state index in [-0.39, 0.29) is 44.2 Å². The van der Waals surface area contributed by atoms with Gasteiger partial charge in [0.25, 0.3) is 0 Å². The van der Waals surface area contributed by atoms with Crippen molar-refractivity contribution in [1.29, 1.82) is 0 Å². The Kier molecular flexibility index (Phi) is 13.1. The number of aliphatic carboxylic acids is 1. The number of ether oxygens (including phenoxy) is 4. The van der Waals surface area contributed by atoms with Gasteiger partial charge in [0.15, 0.2) is 5.13 Å². The summed E-state index contributed by atoms with van der Waals surface area (Å²) in [5.41, 5.74) is -0.431. The molecule has 4 N–H and O–H groups in total. The van der Waals surface area contributed by atoms with E-state index < -0.39 is 46.9 Å². The molecule has 1 aromatic carbocycles. The van der Waals surface area contributed by atoms with Gasteiger partial charge >= 0.3 is 5.97 Å². The molecule has 3 aliphatic carbocycles.